The van der Waals surface area contributed by atoms with Gasteiger partial charge in [0.1, 0.15) is 0 Å². The lowest BCUT2D eigenvalue weighted by atomic mass is 11.8. The summed E-state index contributed by atoms with van der Waals surface area (Å²) in [7, 11) is -61.7. The van der Waals surface area contributed by atoms with Gasteiger partial charge in [-0.15, -0.1) is 0 Å². The Hall–Kier alpha value is 2.70. The van der Waals surface area contributed by atoms with Crippen molar-refractivity contribution in [3.05, 3.63) is 0 Å². The minimum Gasteiger partial charge on any atom is -0.416 e. The maximum atomic E-state index is 7.47. The fourth-order valence-electron chi connectivity index (χ4n) is 8.48. The molecule has 4 aliphatic heterocycles. The largest absolute Gasteiger partial charge is 0.553 e. The van der Waals surface area contributed by atoms with Crippen LogP contribution in [0, 0.1) is 0 Å². The quantitative estimate of drug-likeness (QED) is 0.233. The van der Waals surface area contributed by atoms with E-state index >= 15 is 0 Å². The van der Waals surface area contributed by atoms with Crippen molar-refractivity contribution in [3.63, 3.8) is 0 Å². The maximum Gasteiger partial charge on any atom is 0.553 e. The summed E-state index contributed by atoms with van der Waals surface area (Å²) in [5, 5.41) is 0. The highest BCUT2D eigenvalue weighted by Gasteiger charge is 2.72. The summed E-state index contributed by atoms with van der Waals surface area (Å²) in [4.78, 5) is 0. The van der Waals surface area contributed by atoms with Crippen LogP contribution in [-0.2, 0) is 126 Å². The lowest BCUT2D eigenvalue weighted by Gasteiger charge is -2.52. The summed E-state index contributed by atoms with van der Waals surface area (Å²) >= 11 is 0. The van der Waals surface area contributed by atoms with E-state index in [1.54, 1.807) is 85.1 Å². The summed E-state index contributed by atoms with van der Waals surface area (Å²) in [6.07, 6.45) is 0. The van der Waals surface area contributed by atoms with E-state index in [-0.39, 0.29) is 0 Å². The minimum atomic E-state index is -4.87. The highest BCUT2D eigenvalue weighted by Crippen LogP contribution is 2.42. The molecule has 0 aliphatic carbocycles. The second-order valence-electron chi connectivity index (χ2n) is 20.5. The predicted octanol–water partition coefficient (Wildman–Crippen LogP) is 4.26. The van der Waals surface area contributed by atoms with Gasteiger partial charge in [0.2, 0.25) is 0 Å². The summed E-state index contributed by atoms with van der Waals surface area (Å²) in [6.45, 7) is 33.4. The molecule has 0 N–H and O–H groups in total. The van der Waals surface area contributed by atoms with E-state index in [1.165, 1.54) is 70.5 Å². The molecule has 1 radical (unpaired) electrons. The smallest absolute Gasteiger partial charge is 0.416 e. The molecular weight excluding hydrogens is 1330 g/mol. The van der Waals surface area contributed by atoms with Gasteiger partial charge in [-0.1, -0.05) is 0 Å². The van der Waals surface area contributed by atoms with Crippen LogP contribution in [0.4, 0.5) is 0 Å². The van der Waals surface area contributed by atoms with Gasteiger partial charge in [-0.05, 0) is 39.3 Å². The molecule has 77 heavy (non-hydrogen) atoms. The minimum absolute atomic E-state index is 1.39. The number of fused-ring (bicyclic) bond motifs is 4. The monoisotopic (exact) mass is 1420 g/mol. The first kappa shape index (κ1) is 72.2. The number of rotatable bonds is 13. The molecule has 0 spiro atoms. The maximum absolute atomic E-state index is 7.47. The summed E-state index contributed by atoms with van der Waals surface area (Å²) < 4.78 is 204. The predicted molar refractivity (Wildman–Crippen MR) is 307 cm³/mol. The second-order valence-corrected chi connectivity index (χ2v) is 74.4. The molecular formula is C29H87O30Si18. The average Bonchev–Trinajstić information content (AvgIpc) is 3.21. The second kappa shape index (κ2) is 25.1. The van der Waals surface area contributed by atoms with Crippen LogP contribution >= 0.6 is 0 Å². The topological polar surface area (TPSA) is 277 Å². The molecule has 0 unspecified atom stereocenters. The highest BCUT2D eigenvalue weighted by molar-refractivity contribution is 6.98. The van der Waals surface area contributed by atoms with Crippen LogP contribution in [0.1, 0.15) is 0 Å². The molecule has 0 aromatic carbocycles. The van der Waals surface area contributed by atoms with Crippen LogP contribution < -0.4 is 0 Å². The molecule has 4 aliphatic rings. The van der Waals surface area contributed by atoms with Crippen LogP contribution in [0.5, 0.6) is 0 Å². The van der Waals surface area contributed by atoms with Crippen LogP contribution in [0.25, 0.3) is 0 Å². The van der Waals surface area contributed by atoms with Gasteiger partial charge in [-0.25, -0.2) is 0 Å². The van der Waals surface area contributed by atoms with E-state index < -0.39 is 158 Å². The van der Waals surface area contributed by atoms with Crippen LogP contribution in [0.2, 0.25) is 131 Å². The van der Waals surface area contributed by atoms with Crippen molar-refractivity contribution in [1.29, 1.82) is 0 Å². The first-order chi connectivity index (χ1) is 34.6. The lowest BCUT2D eigenvalue weighted by Crippen LogP contribution is -2.77. The molecule has 0 amide bonds. The number of hydrogen-bond donors (Lipinski definition) is 0. The van der Waals surface area contributed by atoms with Crippen molar-refractivity contribution < 1.29 is 126 Å². The Bertz CT molecular complexity index is 2010. The van der Waals surface area contributed by atoms with Crippen molar-refractivity contribution in [2.24, 2.45) is 0 Å². The van der Waals surface area contributed by atoms with Crippen LogP contribution in [-0.4, -0.2) is 222 Å². The van der Waals surface area contributed by atoms with Crippen molar-refractivity contribution in [2.45, 2.75) is 131 Å². The van der Waals surface area contributed by atoms with Gasteiger partial charge < -0.3 is 126 Å². The van der Waals surface area contributed by atoms with E-state index in [1.807, 2.05) is 39.3 Å². The van der Waals surface area contributed by atoms with E-state index in [0.717, 1.165) is 0 Å². The summed E-state index contributed by atoms with van der Waals surface area (Å²) in [6, 6.07) is 0. The Balaban J connectivity index is 2.34. The van der Waals surface area contributed by atoms with Crippen LogP contribution in [0.3, 0.4) is 0 Å². The summed E-state index contributed by atoms with van der Waals surface area (Å²) in [5.41, 5.74) is 0. The van der Waals surface area contributed by atoms with Gasteiger partial charge in [0, 0.05) is 156 Å². The third-order valence-corrected chi connectivity index (χ3v) is 80.4. The third-order valence-electron chi connectivity index (χ3n) is 11.2. The van der Waals surface area contributed by atoms with Gasteiger partial charge in [-0.2, -0.15) is 0 Å². The van der Waals surface area contributed by atoms with Gasteiger partial charge in [0.15, 0.2) is 0 Å². The average molecular weight is 1420 g/mol. The Kier molecular flexibility index (Phi) is 23.5. The highest BCUT2D eigenvalue weighted by atomic mass is 28.6. The Morgan fingerprint density at radius 1 is 0.260 bits per heavy atom. The van der Waals surface area contributed by atoms with Gasteiger partial charge in [-0.3, -0.25) is 0 Å². The molecule has 6 bridgehead atoms. The Morgan fingerprint density at radius 2 is 0.545 bits per heavy atom. The lowest BCUT2D eigenvalue weighted by molar-refractivity contribution is 0.0376. The fourth-order valence-corrected chi connectivity index (χ4v) is 87.8. The molecule has 48 heteroatoms. The van der Waals surface area contributed by atoms with Gasteiger partial charge in [0.05, 0.1) is 0 Å². The van der Waals surface area contributed by atoms with Crippen molar-refractivity contribution >= 4 is 158 Å². The molecule has 4 rings (SSSR count). The first-order valence-corrected chi connectivity index (χ1v) is 64.9. The van der Waals surface area contributed by atoms with E-state index in [9.17, 15) is 0 Å². The zero-order chi connectivity index (χ0) is 59.3. The van der Waals surface area contributed by atoms with Crippen molar-refractivity contribution in [3.8, 4) is 0 Å². The number of hydrogen-bond acceptors (Lipinski definition) is 30. The zero-order valence-electron chi connectivity index (χ0n) is 50.2. The molecule has 0 aromatic heterocycles. The Morgan fingerprint density at radius 3 is 0.935 bits per heavy atom. The van der Waals surface area contributed by atoms with E-state index in [2.05, 4.69) is 0 Å². The van der Waals surface area contributed by atoms with Crippen LogP contribution in [0.15, 0.2) is 0 Å². The molecule has 13 atom stereocenters. The zero-order valence-corrected chi connectivity index (χ0v) is 68.2. The third kappa shape index (κ3) is 19.9. The molecule has 4 heterocycles. The van der Waals surface area contributed by atoms with Gasteiger partial charge >= 0.3 is 158 Å². The molecule has 4 fully saturated rings. The first-order valence-electron chi connectivity index (χ1n) is 24.1. The normalized spacial score (nSPS) is 45.6. The Labute approximate surface area is 476 Å². The SMILES string of the molecule is CO[Si](C)(C)O[Si@]1(C)O[Si@]2(C)O[Si](C)(C)O[Si](C)(C)O[Si@](C)(OC)O[Si@]3(C)O[Si@](C)(OC)O[Si@](C)(O[Si](C)(OC)OC)O[Si@]4(C)O[Si@](C)(OC)O[Si@](C)(OC)O[Si@](C)(OC)O[Si](O[Si@@](C)(O4)O[Si@](C)(O2)O3)O[Si@](C)(OC)O1. The van der Waals surface area contributed by atoms with E-state index in [0.29, 0.717) is 0 Å². The van der Waals surface area contributed by atoms with Crippen molar-refractivity contribution in [2.75, 3.05) is 64.0 Å². The molecule has 0 aromatic rings. The summed E-state index contributed by atoms with van der Waals surface area (Å²) in [5.74, 6) is 0. The molecule has 30 nitrogen and oxygen atoms in total. The fraction of sp³-hybridized carbons (Fsp3) is 1.00. The molecule has 455 valence electrons. The molecule has 0 saturated carbocycles. The molecule has 4 saturated heterocycles. The van der Waals surface area contributed by atoms with E-state index in [4.69, 9.17) is 126 Å². The van der Waals surface area contributed by atoms with Gasteiger partial charge in [0.25, 0.3) is 0 Å². The van der Waals surface area contributed by atoms with Crippen molar-refractivity contribution in [1.82, 2.24) is 0 Å². The standard InChI is InChI=1S/C29H87O30Si18/c1-30-61(10,11)43-72(24)48-66(18,34-5)40-60-39-65(17,33-4)47-68(20,36-7)49-69(21,37-8)51-76(28)54-71(23,41-60)55-77(29)57-73(25,56-72)45-63(14,15)42-62(12,13)44-67(19,35-6)50-75(27,59-77)53-70(22,38-9)52-74(26,58-76)46-64(16,31-2)32-3/h1-29H3/t65-,66+,67+,68-,69-,70-,71+,72+,73+,74+,75-,76-,77-/m1/s1.